The summed E-state index contributed by atoms with van der Waals surface area (Å²) in [7, 11) is 5.22. The van der Waals surface area contributed by atoms with Gasteiger partial charge in [0.05, 0.1) is 19.9 Å². The predicted octanol–water partition coefficient (Wildman–Crippen LogP) is 2.74. The van der Waals surface area contributed by atoms with Crippen molar-refractivity contribution in [3.8, 4) is 11.5 Å². The fraction of sp³-hybridized carbons (Fsp3) is 0.286. The Hall–Kier alpha value is -3.03. The number of carbonyl (C=O) groups is 1. The summed E-state index contributed by atoms with van der Waals surface area (Å²) < 4.78 is 12.7. The van der Waals surface area contributed by atoms with Crippen LogP contribution in [0.2, 0.25) is 0 Å². The van der Waals surface area contributed by atoms with Crippen LogP contribution in [0.1, 0.15) is 18.0 Å². The largest absolute Gasteiger partial charge is 0.493 e. The van der Waals surface area contributed by atoms with Crippen LogP contribution in [0, 0.1) is 0 Å². The monoisotopic (exact) mass is 380 g/mol. The Kier molecular flexibility index (Phi) is 4.93. The van der Waals surface area contributed by atoms with Crippen LogP contribution in [0.5, 0.6) is 11.5 Å². The zero-order valence-electron chi connectivity index (χ0n) is 16.2. The summed E-state index contributed by atoms with van der Waals surface area (Å²) in [6, 6.07) is 13.4. The molecule has 3 N–H and O–H groups in total. The lowest BCUT2D eigenvalue weighted by atomic mass is 10.0. The van der Waals surface area contributed by atoms with Crippen molar-refractivity contribution < 1.29 is 14.3 Å². The maximum absolute atomic E-state index is 12.8. The van der Waals surface area contributed by atoms with Gasteiger partial charge < -0.3 is 19.4 Å². The first-order chi connectivity index (χ1) is 13.6. The molecule has 3 aromatic rings. The van der Waals surface area contributed by atoms with Crippen LogP contribution in [0.4, 0.5) is 5.69 Å². The first-order valence-corrected chi connectivity index (χ1v) is 9.18. The van der Waals surface area contributed by atoms with Gasteiger partial charge in [0, 0.05) is 30.2 Å². The summed E-state index contributed by atoms with van der Waals surface area (Å²) in [5.74, 6) is 1.29. The van der Waals surface area contributed by atoms with Gasteiger partial charge >= 0.3 is 0 Å². The van der Waals surface area contributed by atoms with Gasteiger partial charge in [-0.2, -0.15) is 0 Å². The lowest BCUT2D eigenvalue weighted by Crippen LogP contribution is -2.39. The lowest BCUT2D eigenvalue weighted by molar-refractivity contribution is -0.117. The van der Waals surface area contributed by atoms with E-state index in [2.05, 4.69) is 16.2 Å². The third-order valence-corrected chi connectivity index (χ3v) is 5.22. The first kappa shape index (κ1) is 18.3. The van der Waals surface area contributed by atoms with E-state index in [4.69, 9.17) is 9.47 Å². The first-order valence-electron chi connectivity index (χ1n) is 9.18. The minimum Gasteiger partial charge on any atom is -0.493 e. The molecule has 1 aliphatic heterocycles. The minimum absolute atomic E-state index is 0.00285. The van der Waals surface area contributed by atoms with Crippen molar-refractivity contribution in [2.75, 3.05) is 19.5 Å². The van der Waals surface area contributed by atoms with Crippen molar-refractivity contribution in [3.63, 3.8) is 0 Å². The SMILES string of the molecule is COc1ccc(C2CC(C(=O)Nc3cccc4c3ccn4C)NN2)cc1OC. The third-order valence-electron chi connectivity index (χ3n) is 5.22. The third kappa shape index (κ3) is 3.30. The van der Waals surface area contributed by atoms with E-state index in [0.717, 1.165) is 22.2 Å². The molecule has 0 bridgehead atoms. The molecule has 1 amide bonds. The molecule has 146 valence electrons. The lowest BCUT2D eigenvalue weighted by Gasteiger charge is -2.14. The predicted molar refractivity (Wildman–Crippen MR) is 109 cm³/mol. The summed E-state index contributed by atoms with van der Waals surface area (Å²) in [5.41, 5.74) is 9.25. The number of amides is 1. The number of aromatic nitrogens is 1. The number of carbonyl (C=O) groups excluding carboxylic acids is 1. The molecule has 2 aromatic carbocycles. The number of hydrazine groups is 1. The van der Waals surface area contributed by atoms with Crippen LogP contribution in [0.3, 0.4) is 0 Å². The maximum atomic E-state index is 12.8. The van der Waals surface area contributed by atoms with Gasteiger partial charge in [0.15, 0.2) is 11.5 Å². The van der Waals surface area contributed by atoms with E-state index < -0.39 is 0 Å². The van der Waals surface area contributed by atoms with Gasteiger partial charge in [-0.1, -0.05) is 12.1 Å². The zero-order valence-corrected chi connectivity index (χ0v) is 16.2. The Labute approximate surface area is 163 Å². The number of aryl methyl sites for hydroxylation is 1. The number of methoxy groups -OCH3 is 2. The second kappa shape index (κ2) is 7.53. The Morgan fingerprint density at radius 3 is 2.71 bits per heavy atom. The molecule has 2 heterocycles. The second-order valence-corrected chi connectivity index (χ2v) is 6.90. The molecule has 0 spiro atoms. The summed E-state index contributed by atoms with van der Waals surface area (Å²) in [4.78, 5) is 12.8. The highest BCUT2D eigenvalue weighted by atomic mass is 16.5. The number of hydrogen-bond acceptors (Lipinski definition) is 5. The van der Waals surface area contributed by atoms with Gasteiger partial charge in [-0.25, -0.2) is 10.9 Å². The molecular weight excluding hydrogens is 356 g/mol. The van der Waals surface area contributed by atoms with Crippen molar-refractivity contribution >= 4 is 22.5 Å². The van der Waals surface area contributed by atoms with E-state index in [1.807, 2.05) is 60.3 Å². The van der Waals surface area contributed by atoms with Gasteiger partial charge in [0.1, 0.15) is 6.04 Å². The average Bonchev–Trinajstić information content (AvgIpc) is 3.36. The fourth-order valence-electron chi connectivity index (χ4n) is 3.65. The molecule has 1 aromatic heterocycles. The summed E-state index contributed by atoms with van der Waals surface area (Å²) in [6.45, 7) is 0. The molecule has 1 aliphatic rings. The number of hydrogen-bond donors (Lipinski definition) is 3. The Bertz CT molecular complexity index is 1010. The van der Waals surface area contributed by atoms with Gasteiger partial charge in [-0.15, -0.1) is 0 Å². The van der Waals surface area contributed by atoms with E-state index in [1.54, 1.807) is 14.2 Å². The highest BCUT2D eigenvalue weighted by Gasteiger charge is 2.31. The Morgan fingerprint density at radius 2 is 1.93 bits per heavy atom. The van der Waals surface area contributed by atoms with Crippen LogP contribution < -0.4 is 25.6 Å². The van der Waals surface area contributed by atoms with Gasteiger partial charge in [-0.05, 0) is 42.3 Å². The molecule has 2 unspecified atom stereocenters. The normalized spacial score (nSPS) is 19.0. The van der Waals surface area contributed by atoms with Crippen LogP contribution in [-0.4, -0.2) is 30.7 Å². The molecule has 0 aliphatic carbocycles. The average molecular weight is 380 g/mol. The second-order valence-electron chi connectivity index (χ2n) is 6.90. The molecule has 1 fully saturated rings. The number of rotatable bonds is 5. The smallest absolute Gasteiger partial charge is 0.242 e. The van der Waals surface area contributed by atoms with E-state index in [0.29, 0.717) is 17.9 Å². The maximum Gasteiger partial charge on any atom is 0.242 e. The van der Waals surface area contributed by atoms with Crippen molar-refractivity contribution in [2.24, 2.45) is 7.05 Å². The quantitative estimate of drug-likeness (QED) is 0.635. The molecule has 7 nitrogen and oxygen atoms in total. The number of nitrogens with zero attached hydrogens (tertiary/aromatic N) is 1. The molecule has 7 heteroatoms. The summed E-state index contributed by atoms with van der Waals surface area (Å²) in [6.07, 6.45) is 2.62. The molecule has 28 heavy (non-hydrogen) atoms. The van der Waals surface area contributed by atoms with Crippen molar-refractivity contribution in [2.45, 2.75) is 18.5 Å². The van der Waals surface area contributed by atoms with E-state index in [9.17, 15) is 4.79 Å². The highest BCUT2D eigenvalue weighted by molar-refractivity contribution is 6.03. The molecular formula is C21H24N4O3. The van der Waals surface area contributed by atoms with E-state index >= 15 is 0 Å². The molecule has 4 rings (SSSR count). The topological polar surface area (TPSA) is 76.5 Å². The highest BCUT2D eigenvalue weighted by Crippen LogP contribution is 2.32. The van der Waals surface area contributed by atoms with Crippen molar-refractivity contribution in [1.29, 1.82) is 0 Å². The van der Waals surface area contributed by atoms with Crippen molar-refractivity contribution in [1.82, 2.24) is 15.4 Å². The molecule has 1 saturated heterocycles. The number of benzene rings is 2. The summed E-state index contributed by atoms with van der Waals surface area (Å²) >= 11 is 0. The van der Waals surface area contributed by atoms with Crippen LogP contribution >= 0.6 is 0 Å². The minimum atomic E-state index is -0.336. The molecule has 0 radical (unpaired) electrons. The number of anilines is 1. The standard InChI is InChI=1S/C21H24N4O3/c1-25-10-9-14-15(5-4-6-18(14)25)22-21(26)17-12-16(23-24-17)13-7-8-19(27-2)20(11-13)28-3/h4-11,16-17,23-24H,12H2,1-3H3,(H,22,26). The van der Waals surface area contributed by atoms with Crippen LogP contribution in [0.25, 0.3) is 10.9 Å². The number of fused-ring (bicyclic) bond motifs is 1. The van der Waals surface area contributed by atoms with Gasteiger partial charge in [0.2, 0.25) is 5.91 Å². The van der Waals surface area contributed by atoms with Crippen LogP contribution in [-0.2, 0) is 11.8 Å². The van der Waals surface area contributed by atoms with E-state index in [1.165, 1.54) is 0 Å². The summed E-state index contributed by atoms with van der Waals surface area (Å²) in [5, 5.41) is 4.08. The Balaban J connectivity index is 1.47. The van der Waals surface area contributed by atoms with Crippen LogP contribution in [0.15, 0.2) is 48.7 Å². The number of ether oxygens (including phenoxy) is 2. The van der Waals surface area contributed by atoms with Crippen molar-refractivity contribution in [3.05, 3.63) is 54.2 Å². The Morgan fingerprint density at radius 1 is 1.11 bits per heavy atom. The number of nitrogens with one attached hydrogen (secondary N) is 3. The molecule has 2 atom stereocenters. The van der Waals surface area contributed by atoms with Gasteiger partial charge in [-0.3, -0.25) is 4.79 Å². The zero-order chi connectivity index (χ0) is 19.7. The molecule has 0 saturated carbocycles. The fourth-order valence-corrected chi connectivity index (χ4v) is 3.65. The van der Waals surface area contributed by atoms with Gasteiger partial charge in [0.25, 0.3) is 0 Å². The van der Waals surface area contributed by atoms with E-state index in [-0.39, 0.29) is 18.0 Å².